The second-order valence-electron chi connectivity index (χ2n) is 5.01. The molecular weight excluding hydrogens is 345 g/mol. The number of carboxylic acid groups (broad SMARTS) is 1. The summed E-state index contributed by atoms with van der Waals surface area (Å²) in [5, 5.41) is 13.3. The Morgan fingerprint density at radius 1 is 1.29 bits per heavy atom. The van der Waals surface area contributed by atoms with Crippen molar-refractivity contribution in [2.75, 3.05) is 5.32 Å². The van der Waals surface area contributed by atoms with Crippen LogP contribution in [0.25, 0.3) is 0 Å². The summed E-state index contributed by atoms with van der Waals surface area (Å²) in [4.78, 5) is 27.0. The van der Waals surface area contributed by atoms with Crippen molar-refractivity contribution in [2.24, 2.45) is 0 Å². The van der Waals surface area contributed by atoms with Gasteiger partial charge in [0.05, 0.1) is 33.7 Å². The normalized spacial score (nSPS) is 12.7. The summed E-state index contributed by atoms with van der Waals surface area (Å²) in [6, 6.07) is 4.60. The number of amides is 1. The van der Waals surface area contributed by atoms with Crippen LogP contribution in [0.1, 0.15) is 38.8 Å². The lowest BCUT2D eigenvalue weighted by Gasteiger charge is -2.15. The largest absolute Gasteiger partial charge is 0.544 e. The summed E-state index contributed by atoms with van der Waals surface area (Å²) in [6.45, 7) is 2.89. The van der Waals surface area contributed by atoms with Gasteiger partial charge in [0, 0.05) is 0 Å². The Balaban J connectivity index is 2.25. The lowest BCUT2D eigenvalue weighted by atomic mass is 10.1. The van der Waals surface area contributed by atoms with Crippen LogP contribution in [0.3, 0.4) is 0 Å². The molecule has 2 aromatic rings. The van der Waals surface area contributed by atoms with Gasteiger partial charge in [-0.3, -0.25) is 4.79 Å². The number of thiazole rings is 1. The number of nitrogens with zero attached hydrogens (tertiary/aromatic N) is 1. The molecule has 128 valence electrons. The molecule has 0 fully saturated rings. The molecule has 0 bridgehead atoms. The highest BCUT2D eigenvalue weighted by atomic mass is 32.1. The van der Waals surface area contributed by atoms with Gasteiger partial charge in [-0.2, -0.15) is 13.2 Å². The zero-order valence-electron chi connectivity index (χ0n) is 12.6. The minimum absolute atomic E-state index is 0.111. The second kappa shape index (κ2) is 6.60. The number of hydrogen-bond acceptors (Lipinski definition) is 5. The molecule has 1 amide bonds. The van der Waals surface area contributed by atoms with E-state index in [9.17, 15) is 27.9 Å². The van der Waals surface area contributed by atoms with E-state index in [4.69, 9.17) is 0 Å². The Morgan fingerprint density at radius 2 is 1.92 bits per heavy atom. The molecule has 5 nitrogen and oxygen atoms in total. The monoisotopic (exact) mass is 357 g/mol. The van der Waals surface area contributed by atoms with Gasteiger partial charge in [0.2, 0.25) is 5.91 Å². The molecule has 1 aromatic heterocycles. The minimum Gasteiger partial charge on any atom is -0.544 e. The molecule has 1 aromatic carbocycles. The van der Waals surface area contributed by atoms with E-state index < -0.39 is 29.5 Å². The highest BCUT2D eigenvalue weighted by Crippen LogP contribution is 2.35. The first-order valence-electron chi connectivity index (χ1n) is 6.77. The molecule has 2 rings (SSSR count). The number of alkyl halides is 3. The maximum Gasteiger partial charge on any atom is 0.418 e. The fourth-order valence-corrected chi connectivity index (χ4v) is 2.94. The van der Waals surface area contributed by atoms with E-state index in [1.54, 1.807) is 0 Å². The highest BCUT2D eigenvalue weighted by Gasteiger charge is 2.34. The van der Waals surface area contributed by atoms with Crippen LogP contribution in [0.4, 0.5) is 18.9 Å². The standard InChI is InChI=1S/C15H13F3N2O3S/c1-7(13-19-8(2)11(24-13)14(22)23)12(21)20-10-6-4-3-5-9(10)15(16,17)18/h3-7H,1-2H3,(H,20,21)(H,22,23)/p-1/t7-/m1/s1. The summed E-state index contributed by atoms with van der Waals surface area (Å²) in [5.41, 5.74) is -1.13. The molecule has 0 spiro atoms. The molecular formula is C15H12F3N2O3S-. The molecule has 0 saturated heterocycles. The van der Waals surface area contributed by atoms with Crippen molar-refractivity contribution >= 4 is 28.9 Å². The number of aryl methyl sites for hydroxylation is 1. The number of hydrogen-bond donors (Lipinski definition) is 1. The lowest BCUT2D eigenvalue weighted by Crippen LogP contribution is -2.22. The van der Waals surface area contributed by atoms with E-state index in [-0.39, 0.29) is 21.3 Å². The molecule has 0 aliphatic rings. The third-order valence-electron chi connectivity index (χ3n) is 3.25. The van der Waals surface area contributed by atoms with Gasteiger partial charge in [-0.05, 0) is 26.0 Å². The Labute approximate surface area is 139 Å². The Hall–Kier alpha value is -2.42. The van der Waals surface area contributed by atoms with Crippen LogP contribution >= 0.6 is 11.3 Å². The molecule has 1 N–H and O–H groups in total. The SMILES string of the molecule is Cc1nc([C@H](C)C(=O)Nc2ccccc2C(F)(F)F)sc1C(=O)[O-]. The van der Waals surface area contributed by atoms with Crippen molar-refractivity contribution in [3.05, 3.63) is 45.4 Å². The second-order valence-corrected chi connectivity index (χ2v) is 6.04. The number of aromatic nitrogens is 1. The summed E-state index contributed by atoms with van der Waals surface area (Å²) >= 11 is 0.768. The van der Waals surface area contributed by atoms with Crippen LogP contribution < -0.4 is 10.4 Å². The van der Waals surface area contributed by atoms with Crippen molar-refractivity contribution in [1.82, 2.24) is 4.98 Å². The zero-order chi connectivity index (χ0) is 18.1. The smallest absolute Gasteiger partial charge is 0.418 e. The van der Waals surface area contributed by atoms with Crippen LogP contribution in [0.15, 0.2) is 24.3 Å². The van der Waals surface area contributed by atoms with Crippen LogP contribution in [-0.2, 0) is 11.0 Å². The number of anilines is 1. The van der Waals surface area contributed by atoms with Crippen molar-refractivity contribution < 1.29 is 27.9 Å². The quantitative estimate of drug-likeness (QED) is 0.912. The molecule has 1 atom stereocenters. The first-order chi connectivity index (χ1) is 11.1. The molecule has 0 aliphatic carbocycles. The Kier molecular flexibility index (Phi) is 4.93. The number of para-hydroxylation sites is 1. The molecule has 24 heavy (non-hydrogen) atoms. The van der Waals surface area contributed by atoms with E-state index in [0.717, 1.165) is 23.5 Å². The van der Waals surface area contributed by atoms with Crippen molar-refractivity contribution in [1.29, 1.82) is 0 Å². The van der Waals surface area contributed by atoms with E-state index in [1.165, 1.54) is 26.0 Å². The van der Waals surface area contributed by atoms with Gasteiger partial charge in [-0.15, -0.1) is 11.3 Å². The molecule has 9 heteroatoms. The first-order valence-corrected chi connectivity index (χ1v) is 7.58. The number of carboxylic acids is 1. The third-order valence-corrected chi connectivity index (χ3v) is 4.57. The van der Waals surface area contributed by atoms with Crippen LogP contribution in [0.2, 0.25) is 0 Å². The van der Waals surface area contributed by atoms with Crippen LogP contribution in [0, 0.1) is 6.92 Å². The molecule has 1 heterocycles. The van der Waals surface area contributed by atoms with Gasteiger partial charge < -0.3 is 15.2 Å². The van der Waals surface area contributed by atoms with E-state index in [1.807, 2.05) is 0 Å². The number of carbonyl (C=O) groups excluding carboxylic acids is 2. The maximum atomic E-state index is 12.9. The topological polar surface area (TPSA) is 82.1 Å². The number of carbonyl (C=O) groups is 2. The van der Waals surface area contributed by atoms with E-state index in [0.29, 0.717) is 0 Å². The van der Waals surface area contributed by atoms with Crippen molar-refractivity contribution in [3.63, 3.8) is 0 Å². The van der Waals surface area contributed by atoms with Crippen LogP contribution in [-0.4, -0.2) is 16.9 Å². The van der Waals surface area contributed by atoms with Gasteiger partial charge in [0.1, 0.15) is 5.01 Å². The lowest BCUT2D eigenvalue weighted by molar-refractivity contribution is -0.254. The maximum absolute atomic E-state index is 12.9. The predicted molar refractivity (Wildman–Crippen MR) is 79.7 cm³/mol. The number of nitrogens with one attached hydrogen (secondary N) is 1. The number of halogens is 3. The van der Waals surface area contributed by atoms with Gasteiger partial charge >= 0.3 is 6.18 Å². The highest BCUT2D eigenvalue weighted by molar-refractivity contribution is 7.13. The number of benzene rings is 1. The summed E-state index contributed by atoms with van der Waals surface area (Å²) in [6.07, 6.45) is -4.60. The summed E-state index contributed by atoms with van der Waals surface area (Å²) < 4.78 is 38.8. The minimum atomic E-state index is -4.60. The number of aromatic carboxylic acids is 1. The average Bonchev–Trinajstić information content (AvgIpc) is 2.88. The van der Waals surface area contributed by atoms with Crippen molar-refractivity contribution in [3.8, 4) is 0 Å². The van der Waals surface area contributed by atoms with Crippen LogP contribution in [0.5, 0.6) is 0 Å². The van der Waals surface area contributed by atoms with Crippen molar-refractivity contribution in [2.45, 2.75) is 25.9 Å². The fourth-order valence-electron chi connectivity index (χ4n) is 1.98. The summed E-state index contributed by atoms with van der Waals surface area (Å²) in [5.74, 6) is -3.04. The first kappa shape index (κ1) is 17.9. The molecule has 0 aliphatic heterocycles. The van der Waals surface area contributed by atoms with Gasteiger partial charge in [0.25, 0.3) is 0 Å². The number of rotatable bonds is 4. The Bertz CT molecular complexity index is 787. The molecule has 0 saturated carbocycles. The Morgan fingerprint density at radius 3 is 2.46 bits per heavy atom. The van der Waals surface area contributed by atoms with E-state index >= 15 is 0 Å². The van der Waals surface area contributed by atoms with Gasteiger partial charge in [0.15, 0.2) is 0 Å². The average molecular weight is 357 g/mol. The molecule has 0 radical (unpaired) electrons. The van der Waals surface area contributed by atoms with E-state index in [2.05, 4.69) is 10.3 Å². The fraction of sp³-hybridized carbons (Fsp3) is 0.267. The van der Waals surface area contributed by atoms with Gasteiger partial charge in [-0.25, -0.2) is 4.98 Å². The third kappa shape index (κ3) is 3.73. The zero-order valence-corrected chi connectivity index (χ0v) is 13.4. The molecule has 0 unspecified atom stereocenters. The predicted octanol–water partition coefficient (Wildman–Crippen LogP) is 2.58. The van der Waals surface area contributed by atoms with Gasteiger partial charge in [-0.1, -0.05) is 12.1 Å². The summed E-state index contributed by atoms with van der Waals surface area (Å²) in [7, 11) is 0.